The average molecular weight is 447 g/mol. The van der Waals surface area contributed by atoms with E-state index in [1.807, 2.05) is 4.98 Å². The van der Waals surface area contributed by atoms with Gasteiger partial charge < -0.3 is 13.7 Å². The highest BCUT2D eigenvalue weighted by Gasteiger charge is 2.30. The fourth-order valence-electron chi connectivity index (χ4n) is 2.91. The van der Waals surface area contributed by atoms with Crippen LogP contribution in [0.25, 0.3) is 11.5 Å². The maximum absolute atomic E-state index is 12.7. The number of ether oxygens (including phenoxy) is 1. The number of H-pyrrole nitrogens is 1. The van der Waals surface area contributed by atoms with E-state index in [2.05, 4.69) is 4.98 Å². The van der Waals surface area contributed by atoms with Crippen LogP contribution in [0.1, 0.15) is 22.6 Å². The number of hydrogen-bond donors (Lipinski definition) is 1. The number of alkyl halides is 3. The summed E-state index contributed by atoms with van der Waals surface area (Å²) in [5.74, 6) is 0.380. The van der Waals surface area contributed by atoms with Crippen LogP contribution in [0, 0.1) is 6.92 Å². The molecule has 0 saturated carbocycles. The summed E-state index contributed by atoms with van der Waals surface area (Å²) in [7, 11) is 0. The Labute approximate surface area is 177 Å². The van der Waals surface area contributed by atoms with Crippen LogP contribution in [0.3, 0.4) is 0 Å². The van der Waals surface area contributed by atoms with Crippen molar-refractivity contribution in [3.8, 4) is 17.2 Å². The van der Waals surface area contributed by atoms with Gasteiger partial charge in [0.05, 0.1) is 12.1 Å². The van der Waals surface area contributed by atoms with E-state index in [1.165, 1.54) is 12.1 Å². The molecular formula is C21H16F3N3O5. The predicted molar refractivity (Wildman–Crippen MR) is 105 cm³/mol. The van der Waals surface area contributed by atoms with Crippen molar-refractivity contribution in [1.29, 1.82) is 0 Å². The Bertz CT molecular complexity index is 1330. The second-order valence-electron chi connectivity index (χ2n) is 6.88. The van der Waals surface area contributed by atoms with Crippen molar-refractivity contribution in [2.24, 2.45) is 0 Å². The normalized spacial score (nSPS) is 11.6. The van der Waals surface area contributed by atoms with Crippen molar-refractivity contribution in [2.75, 3.05) is 0 Å². The van der Waals surface area contributed by atoms with Crippen molar-refractivity contribution in [2.45, 2.75) is 26.3 Å². The first-order valence-electron chi connectivity index (χ1n) is 9.35. The lowest BCUT2D eigenvalue weighted by atomic mass is 10.1. The number of nitrogens with one attached hydrogen (secondary N) is 1. The van der Waals surface area contributed by atoms with Gasteiger partial charge in [0, 0.05) is 5.56 Å². The number of oxazole rings is 1. The van der Waals surface area contributed by atoms with Gasteiger partial charge in [0.1, 0.15) is 23.8 Å². The molecule has 2 aromatic carbocycles. The molecule has 0 unspecified atom stereocenters. The van der Waals surface area contributed by atoms with Gasteiger partial charge >= 0.3 is 17.6 Å². The van der Waals surface area contributed by atoms with Crippen molar-refractivity contribution in [3.05, 3.63) is 92.1 Å². The zero-order valence-corrected chi connectivity index (χ0v) is 16.6. The van der Waals surface area contributed by atoms with Crippen LogP contribution in [0.5, 0.6) is 5.75 Å². The highest BCUT2D eigenvalue weighted by Crippen LogP contribution is 2.31. The summed E-state index contributed by atoms with van der Waals surface area (Å²) in [6, 6.07) is 11.3. The topological polar surface area (TPSA) is 103 Å². The van der Waals surface area contributed by atoms with Gasteiger partial charge in [0.15, 0.2) is 0 Å². The van der Waals surface area contributed by atoms with E-state index in [9.17, 15) is 22.8 Å². The van der Waals surface area contributed by atoms with Crippen LogP contribution in [0.2, 0.25) is 0 Å². The van der Waals surface area contributed by atoms with Crippen LogP contribution < -0.4 is 16.2 Å². The smallest absolute Gasteiger partial charge is 0.440 e. The van der Waals surface area contributed by atoms with Crippen LogP contribution in [-0.4, -0.2) is 14.7 Å². The largest absolute Gasteiger partial charge is 0.487 e. The number of hydrogen-bond acceptors (Lipinski definition) is 6. The molecule has 4 aromatic rings. The van der Waals surface area contributed by atoms with E-state index in [1.54, 1.807) is 31.2 Å². The molecular weight excluding hydrogens is 431 g/mol. The number of halogens is 3. The average Bonchev–Trinajstić information content (AvgIpc) is 3.27. The molecule has 0 aliphatic carbocycles. The lowest BCUT2D eigenvalue weighted by molar-refractivity contribution is -0.137. The number of benzene rings is 2. The minimum Gasteiger partial charge on any atom is -0.487 e. The van der Waals surface area contributed by atoms with Crippen LogP contribution >= 0.6 is 0 Å². The molecule has 1 N–H and O–H groups in total. The fraction of sp³-hybridized carbons (Fsp3) is 0.190. The van der Waals surface area contributed by atoms with Crippen LogP contribution in [0.4, 0.5) is 13.2 Å². The van der Waals surface area contributed by atoms with E-state index < -0.39 is 23.2 Å². The Morgan fingerprint density at radius 1 is 1.06 bits per heavy atom. The minimum atomic E-state index is -4.41. The second kappa shape index (κ2) is 8.25. The Hall–Kier alpha value is -4.02. The van der Waals surface area contributed by atoms with Gasteiger partial charge in [0.25, 0.3) is 0 Å². The van der Waals surface area contributed by atoms with Gasteiger partial charge in [-0.25, -0.2) is 19.6 Å². The van der Waals surface area contributed by atoms with E-state index in [-0.39, 0.29) is 19.0 Å². The highest BCUT2D eigenvalue weighted by atomic mass is 19.4. The fourth-order valence-corrected chi connectivity index (χ4v) is 2.91. The molecule has 0 bridgehead atoms. The summed E-state index contributed by atoms with van der Waals surface area (Å²) in [6.07, 6.45) is -4.41. The zero-order chi connectivity index (χ0) is 22.9. The molecule has 0 aliphatic heterocycles. The quantitative estimate of drug-likeness (QED) is 0.483. The van der Waals surface area contributed by atoms with E-state index in [0.29, 0.717) is 28.3 Å². The van der Waals surface area contributed by atoms with Gasteiger partial charge in [-0.2, -0.15) is 13.2 Å². The SMILES string of the molecule is Cc1oc(-c2ccc(C(F)(F)F)cc2)nc1COc1ccc(Cn2oc(=O)[nH]c2=O)cc1. The first-order chi connectivity index (χ1) is 15.2. The van der Waals surface area contributed by atoms with Gasteiger partial charge in [-0.3, -0.25) is 0 Å². The standard InChI is InChI=1S/C21H16F3N3O5/c1-12-17(25-18(31-12)14-4-6-15(7-5-14)21(22,23)24)11-30-16-8-2-13(3-9-16)10-27-19(28)26-20(29)32-27/h2-9H,10-11H2,1H3,(H,26,28,29). The van der Waals surface area contributed by atoms with E-state index >= 15 is 0 Å². The molecule has 166 valence electrons. The summed E-state index contributed by atoms with van der Waals surface area (Å²) in [4.78, 5) is 28.8. The maximum Gasteiger partial charge on any atom is 0.440 e. The third-order valence-corrected chi connectivity index (χ3v) is 4.61. The van der Waals surface area contributed by atoms with Crippen LogP contribution in [0.15, 0.2) is 67.1 Å². The molecule has 2 aromatic heterocycles. The molecule has 0 atom stereocenters. The number of rotatable bonds is 6. The molecule has 0 spiro atoms. The lowest BCUT2D eigenvalue weighted by Crippen LogP contribution is -2.17. The summed E-state index contributed by atoms with van der Waals surface area (Å²) < 4.78 is 55.0. The second-order valence-corrected chi connectivity index (χ2v) is 6.88. The molecule has 8 nitrogen and oxygen atoms in total. The summed E-state index contributed by atoms with van der Waals surface area (Å²) in [5, 5.41) is 0. The molecule has 4 rings (SSSR count). The molecule has 32 heavy (non-hydrogen) atoms. The summed E-state index contributed by atoms with van der Waals surface area (Å²) in [6.45, 7) is 1.85. The molecule has 2 heterocycles. The number of aromatic amines is 1. The number of aryl methyl sites for hydroxylation is 1. The highest BCUT2D eigenvalue weighted by molar-refractivity contribution is 5.54. The molecule has 0 fully saturated rings. The van der Waals surface area contributed by atoms with Gasteiger partial charge in [-0.1, -0.05) is 12.1 Å². The van der Waals surface area contributed by atoms with Crippen LogP contribution in [-0.2, 0) is 19.3 Å². The molecule has 0 radical (unpaired) electrons. The van der Waals surface area contributed by atoms with Crippen molar-refractivity contribution in [3.63, 3.8) is 0 Å². The third-order valence-electron chi connectivity index (χ3n) is 4.61. The van der Waals surface area contributed by atoms with Crippen molar-refractivity contribution >= 4 is 0 Å². The molecule has 0 aliphatic rings. The van der Waals surface area contributed by atoms with E-state index in [4.69, 9.17) is 13.7 Å². The minimum absolute atomic E-state index is 0.0801. The van der Waals surface area contributed by atoms with Crippen molar-refractivity contribution in [1.82, 2.24) is 14.7 Å². The van der Waals surface area contributed by atoms with Gasteiger partial charge in [-0.05, 0) is 48.9 Å². The molecule has 0 amide bonds. The monoisotopic (exact) mass is 447 g/mol. The Morgan fingerprint density at radius 2 is 1.75 bits per heavy atom. The summed E-state index contributed by atoms with van der Waals surface area (Å²) in [5.41, 5.74) is 0.248. The number of nitrogens with zero attached hydrogens (tertiary/aromatic N) is 2. The lowest BCUT2D eigenvalue weighted by Gasteiger charge is -2.06. The van der Waals surface area contributed by atoms with Crippen molar-refractivity contribution < 1.29 is 26.8 Å². The Kier molecular flexibility index (Phi) is 5.47. The van der Waals surface area contributed by atoms with Gasteiger partial charge in [0.2, 0.25) is 5.89 Å². The molecule has 11 heteroatoms. The van der Waals surface area contributed by atoms with E-state index in [0.717, 1.165) is 16.9 Å². The Morgan fingerprint density at radius 3 is 2.34 bits per heavy atom. The van der Waals surface area contributed by atoms with Gasteiger partial charge in [-0.15, -0.1) is 4.74 Å². The Balaban J connectivity index is 1.41. The number of aromatic nitrogens is 3. The third kappa shape index (κ3) is 4.66. The first kappa shape index (κ1) is 21.2. The maximum atomic E-state index is 12.7. The predicted octanol–water partition coefficient (Wildman–Crippen LogP) is 3.74. The zero-order valence-electron chi connectivity index (χ0n) is 16.6. The summed E-state index contributed by atoms with van der Waals surface area (Å²) >= 11 is 0. The molecule has 0 saturated heterocycles. The first-order valence-corrected chi connectivity index (χ1v) is 9.35.